The topological polar surface area (TPSA) is 93.5 Å². The number of nitrogens with one attached hydrogen (secondary N) is 1. The lowest BCUT2D eigenvalue weighted by Gasteiger charge is -2.30. The van der Waals surface area contributed by atoms with Crippen LogP contribution in [0.15, 0.2) is 29.2 Å². The van der Waals surface area contributed by atoms with Crippen molar-refractivity contribution in [1.82, 2.24) is 9.21 Å². The predicted molar refractivity (Wildman–Crippen MR) is 121 cm³/mol. The number of hydrogen-bond acceptors (Lipinski definition) is 6. The Morgan fingerprint density at radius 1 is 1.27 bits per heavy atom. The highest BCUT2D eigenvalue weighted by atomic mass is 35.5. The van der Waals surface area contributed by atoms with E-state index in [-0.39, 0.29) is 23.2 Å². The van der Waals surface area contributed by atoms with E-state index < -0.39 is 10.0 Å². The van der Waals surface area contributed by atoms with E-state index in [4.69, 9.17) is 0 Å². The van der Waals surface area contributed by atoms with Gasteiger partial charge in [-0.25, -0.2) is 12.7 Å². The Labute approximate surface area is 187 Å². The summed E-state index contributed by atoms with van der Waals surface area (Å²) < 4.78 is 25.4. The Kier molecular flexibility index (Phi) is 7.66. The van der Waals surface area contributed by atoms with Crippen LogP contribution in [0.3, 0.4) is 0 Å². The molecule has 0 saturated heterocycles. The molecule has 0 radical (unpaired) electrons. The first kappa shape index (κ1) is 24.3. The van der Waals surface area contributed by atoms with E-state index in [1.165, 1.54) is 49.7 Å². The third-order valence-corrected chi connectivity index (χ3v) is 8.01. The predicted octanol–water partition coefficient (Wildman–Crippen LogP) is 3.31. The summed E-state index contributed by atoms with van der Waals surface area (Å²) in [5, 5.41) is 13.0. The van der Waals surface area contributed by atoms with E-state index in [1.54, 1.807) is 0 Å². The van der Waals surface area contributed by atoms with Crippen LogP contribution in [0.25, 0.3) is 0 Å². The molecule has 0 spiro atoms. The summed E-state index contributed by atoms with van der Waals surface area (Å²) in [6.07, 6.45) is 0.792. The number of sulfonamides is 1. The lowest BCUT2D eigenvalue weighted by Crippen LogP contribution is -2.35. The molecule has 1 amide bonds. The fraction of sp³-hybridized carbons (Fsp3) is 0.400. The monoisotopic (exact) mass is 468 g/mol. The molecule has 2 heterocycles. The lowest BCUT2D eigenvalue weighted by atomic mass is 10.0. The number of thiophene rings is 1. The molecule has 7 nitrogen and oxygen atoms in total. The highest BCUT2D eigenvalue weighted by Crippen LogP contribution is 2.37. The number of carbonyl (C=O) groups is 1. The number of fused-ring (bicyclic) bond motifs is 1. The first-order valence-corrected chi connectivity index (χ1v) is 11.5. The van der Waals surface area contributed by atoms with Crippen LogP contribution in [0.2, 0.25) is 0 Å². The summed E-state index contributed by atoms with van der Waals surface area (Å²) >= 11 is 1.44. The maximum absolute atomic E-state index is 12.7. The number of carbonyl (C=O) groups excluding carboxylic acids is 1. The molecule has 30 heavy (non-hydrogen) atoms. The number of nitrogens with zero attached hydrogens (tertiary/aromatic N) is 3. The van der Waals surface area contributed by atoms with Gasteiger partial charge in [-0.1, -0.05) is 0 Å². The van der Waals surface area contributed by atoms with E-state index in [1.807, 2.05) is 0 Å². The van der Waals surface area contributed by atoms with E-state index >= 15 is 0 Å². The van der Waals surface area contributed by atoms with E-state index in [2.05, 4.69) is 30.1 Å². The average molecular weight is 469 g/mol. The largest absolute Gasteiger partial charge is 0.312 e. The van der Waals surface area contributed by atoms with E-state index in [0.29, 0.717) is 22.2 Å². The average Bonchev–Trinajstić information content (AvgIpc) is 3.03. The van der Waals surface area contributed by atoms with Crippen molar-refractivity contribution in [3.8, 4) is 6.07 Å². The highest BCUT2D eigenvalue weighted by Gasteiger charge is 2.26. The molecule has 0 fully saturated rings. The van der Waals surface area contributed by atoms with Gasteiger partial charge in [0, 0.05) is 43.7 Å². The maximum Gasteiger partial charge on any atom is 0.256 e. The van der Waals surface area contributed by atoms with Crippen molar-refractivity contribution in [2.75, 3.05) is 26.0 Å². The molecular weight excluding hydrogens is 444 g/mol. The van der Waals surface area contributed by atoms with Gasteiger partial charge in [-0.3, -0.25) is 9.69 Å². The zero-order chi connectivity index (χ0) is 21.3. The molecule has 2 aromatic rings. The molecular formula is C20H25ClN4O3S2. The highest BCUT2D eigenvalue weighted by molar-refractivity contribution is 7.89. The second kappa shape index (κ2) is 9.45. The van der Waals surface area contributed by atoms with Gasteiger partial charge in [0.25, 0.3) is 5.91 Å². The van der Waals surface area contributed by atoms with Gasteiger partial charge < -0.3 is 5.32 Å². The van der Waals surface area contributed by atoms with Crippen LogP contribution < -0.4 is 5.32 Å². The molecule has 1 N–H and O–H groups in total. The lowest BCUT2D eigenvalue weighted by molar-refractivity contribution is 0.102. The number of nitriles is 1. The van der Waals surface area contributed by atoms with E-state index in [0.717, 1.165) is 34.3 Å². The summed E-state index contributed by atoms with van der Waals surface area (Å²) in [5.41, 5.74) is 1.90. The second-order valence-corrected chi connectivity index (χ2v) is 10.7. The van der Waals surface area contributed by atoms with Crippen molar-refractivity contribution in [3.05, 3.63) is 45.8 Å². The summed E-state index contributed by atoms with van der Waals surface area (Å²) in [7, 11) is -0.634. The summed E-state index contributed by atoms with van der Waals surface area (Å²) in [6.45, 7) is 5.96. The Morgan fingerprint density at radius 2 is 1.90 bits per heavy atom. The minimum atomic E-state index is -3.55. The molecule has 1 aliphatic rings. The molecule has 1 aromatic heterocycles. The van der Waals surface area contributed by atoms with Crippen molar-refractivity contribution in [2.45, 2.75) is 37.8 Å². The van der Waals surface area contributed by atoms with Gasteiger partial charge in [-0.15, -0.1) is 23.7 Å². The molecule has 1 aromatic carbocycles. The van der Waals surface area contributed by atoms with Crippen LogP contribution in [-0.2, 0) is 23.0 Å². The number of amides is 1. The van der Waals surface area contributed by atoms with Crippen LogP contribution in [0, 0.1) is 11.3 Å². The Balaban J connectivity index is 0.00000320. The van der Waals surface area contributed by atoms with Crippen molar-refractivity contribution >= 4 is 44.7 Å². The normalized spacial score (nSPS) is 14.2. The molecule has 0 aliphatic carbocycles. The summed E-state index contributed by atoms with van der Waals surface area (Å²) in [4.78, 5) is 16.3. The van der Waals surface area contributed by atoms with Gasteiger partial charge in [0.05, 0.1) is 10.5 Å². The minimum absolute atomic E-state index is 0. The summed E-state index contributed by atoms with van der Waals surface area (Å²) in [6, 6.07) is 8.44. The Morgan fingerprint density at radius 3 is 2.43 bits per heavy atom. The summed E-state index contributed by atoms with van der Waals surface area (Å²) in [5.74, 6) is -0.366. The number of halogens is 1. The smallest absolute Gasteiger partial charge is 0.256 e. The first-order valence-electron chi connectivity index (χ1n) is 9.27. The second-order valence-electron chi connectivity index (χ2n) is 7.40. The van der Waals surface area contributed by atoms with Crippen LogP contribution in [-0.4, -0.2) is 50.2 Å². The maximum atomic E-state index is 12.7. The fourth-order valence-electron chi connectivity index (χ4n) is 3.23. The third kappa shape index (κ3) is 4.68. The van der Waals surface area contributed by atoms with Gasteiger partial charge in [-0.05, 0) is 50.1 Å². The van der Waals surface area contributed by atoms with Crippen molar-refractivity contribution in [3.63, 3.8) is 0 Å². The Bertz CT molecular complexity index is 1070. The SMILES string of the molecule is CC(C)N1CCc2c(sc(NC(=O)c3ccc(S(=O)(=O)N(C)C)cc3)c2C#N)C1.Cl. The third-order valence-electron chi connectivity index (χ3n) is 5.05. The van der Waals surface area contributed by atoms with Crippen LogP contribution in [0.4, 0.5) is 5.00 Å². The molecule has 3 rings (SSSR count). The van der Waals surface area contributed by atoms with Crippen LogP contribution in [0.1, 0.15) is 40.2 Å². The number of anilines is 1. The zero-order valence-corrected chi connectivity index (χ0v) is 19.7. The molecule has 162 valence electrons. The van der Waals surface area contributed by atoms with Gasteiger partial charge in [-0.2, -0.15) is 5.26 Å². The minimum Gasteiger partial charge on any atom is -0.312 e. The molecule has 10 heteroatoms. The quantitative estimate of drug-likeness (QED) is 0.726. The first-order chi connectivity index (χ1) is 13.6. The van der Waals surface area contributed by atoms with Gasteiger partial charge in [0.15, 0.2) is 0 Å². The fourth-order valence-corrected chi connectivity index (χ4v) is 5.36. The molecule has 0 saturated carbocycles. The van der Waals surface area contributed by atoms with Crippen molar-refractivity contribution in [2.24, 2.45) is 0 Å². The van der Waals surface area contributed by atoms with E-state index in [9.17, 15) is 18.5 Å². The molecule has 0 unspecified atom stereocenters. The standard InChI is InChI=1S/C20H24N4O3S2.ClH/c1-13(2)24-10-9-16-17(11-21)20(28-18(16)12-24)22-19(25)14-5-7-15(8-6-14)29(26,27)23(3)4;/h5-8,13H,9-10,12H2,1-4H3,(H,22,25);1H. The molecule has 1 aliphatic heterocycles. The Hall–Kier alpha value is -1.96. The number of benzene rings is 1. The molecule has 0 atom stereocenters. The van der Waals surface area contributed by atoms with Gasteiger partial charge in [0.1, 0.15) is 11.1 Å². The van der Waals surface area contributed by atoms with Gasteiger partial charge >= 0.3 is 0 Å². The number of hydrogen-bond donors (Lipinski definition) is 1. The van der Waals surface area contributed by atoms with Gasteiger partial charge in [0.2, 0.25) is 10.0 Å². The molecule has 0 bridgehead atoms. The van der Waals surface area contributed by atoms with Crippen molar-refractivity contribution in [1.29, 1.82) is 5.26 Å². The van der Waals surface area contributed by atoms with Crippen LogP contribution >= 0.6 is 23.7 Å². The van der Waals surface area contributed by atoms with Crippen LogP contribution in [0.5, 0.6) is 0 Å². The van der Waals surface area contributed by atoms with Crippen molar-refractivity contribution < 1.29 is 13.2 Å². The zero-order valence-electron chi connectivity index (χ0n) is 17.3. The number of rotatable bonds is 5.